The van der Waals surface area contributed by atoms with Crippen molar-refractivity contribution < 1.29 is 4.79 Å². The summed E-state index contributed by atoms with van der Waals surface area (Å²) in [5.74, 6) is 0.190. The van der Waals surface area contributed by atoms with Crippen LogP contribution in [0.15, 0.2) is 0 Å². The molecule has 0 aromatic heterocycles. The van der Waals surface area contributed by atoms with Gasteiger partial charge in [-0.1, -0.05) is 12.8 Å². The molecule has 0 aromatic rings. The van der Waals surface area contributed by atoms with Gasteiger partial charge in [-0.15, -0.1) is 24.8 Å². The summed E-state index contributed by atoms with van der Waals surface area (Å²) in [7, 11) is 4.26. The van der Waals surface area contributed by atoms with Gasteiger partial charge in [-0.2, -0.15) is 0 Å². The van der Waals surface area contributed by atoms with Crippen molar-refractivity contribution in [2.75, 3.05) is 27.2 Å². The molecule has 2 rings (SSSR count). The molecule has 1 atom stereocenters. The van der Waals surface area contributed by atoms with Gasteiger partial charge in [0.2, 0.25) is 5.91 Å². The summed E-state index contributed by atoms with van der Waals surface area (Å²) in [4.78, 5) is 14.3. The summed E-state index contributed by atoms with van der Waals surface area (Å²) >= 11 is 0. The van der Waals surface area contributed by atoms with Crippen molar-refractivity contribution in [2.45, 2.75) is 50.1 Å². The molecule has 1 aliphatic heterocycles. The van der Waals surface area contributed by atoms with Crippen LogP contribution in [-0.2, 0) is 4.79 Å². The number of hydrogen-bond acceptors (Lipinski definition) is 3. The molecule has 4 nitrogen and oxygen atoms in total. The standard InChI is InChI=1S/C13H25N3O.2ClH/c1-16(2)13(7-3-4-8-13)10-15-12(17)11-6-5-9-14-11;;/h11,14H,3-10H2,1-2H3,(H,15,17);2*1H/t11-;;/m0../s1. The fourth-order valence-electron chi connectivity index (χ4n) is 3.10. The third kappa shape index (κ3) is 4.48. The van der Waals surface area contributed by atoms with E-state index in [-0.39, 0.29) is 42.3 Å². The molecule has 0 unspecified atom stereocenters. The van der Waals surface area contributed by atoms with Crippen LogP contribution in [0.4, 0.5) is 0 Å². The molecule has 19 heavy (non-hydrogen) atoms. The van der Waals surface area contributed by atoms with Gasteiger partial charge in [0.1, 0.15) is 0 Å². The van der Waals surface area contributed by atoms with Crippen molar-refractivity contribution in [3.05, 3.63) is 0 Å². The van der Waals surface area contributed by atoms with E-state index in [2.05, 4.69) is 29.6 Å². The molecule has 1 heterocycles. The van der Waals surface area contributed by atoms with E-state index in [0.717, 1.165) is 25.9 Å². The number of nitrogens with one attached hydrogen (secondary N) is 2. The van der Waals surface area contributed by atoms with Crippen molar-refractivity contribution in [2.24, 2.45) is 0 Å². The molecule has 0 radical (unpaired) electrons. The van der Waals surface area contributed by atoms with Crippen LogP contribution in [0.3, 0.4) is 0 Å². The van der Waals surface area contributed by atoms with Gasteiger partial charge in [0.05, 0.1) is 6.04 Å². The van der Waals surface area contributed by atoms with E-state index < -0.39 is 0 Å². The van der Waals surface area contributed by atoms with E-state index in [1.807, 2.05) is 0 Å². The van der Waals surface area contributed by atoms with E-state index in [1.54, 1.807) is 0 Å². The van der Waals surface area contributed by atoms with Crippen LogP contribution in [0.2, 0.25) is 0 Å². The summed E-state index contributed by atoms with van der Waals surface area (Å²) in [5, 5.41) is 6.39. The largest absolute Gasteiger partial charge is 0.353 e. The minimum atomic E-state index is 0. The van der Waals surface area contributed by atoms with Crippen LogP contribution in [-0.4, -0.2) is 49.6 Å². The minimum absolute atomic E-state index is 0. The maximum atomic E-state index is 12.0. The number of hydrogen-bond donors (Lipinski definition) is 2. The molecule has 2 fully saturated rings. The van der Waals surface area contributed by atoms with Crippen molar-refractivity contribution in [1.82, 2.24) is 15.5 Å². The second-order valence-corrected chi connectivity index (χ2v) is 5.69. The van der Waals surface area contributed by atoms with E-state index >= 15 is 0 Å². The van der Waals surface area contributed by atoms with E-state index in [4.69, 9.17) is 0 Å². The SMILES string of the molecule is CN(C)C1(CNC(=O)[C@@H]2CCCN2)CCCC1.Cl.Cl. The van der Waals surface area contributed by atoms with Gasteiger partial charge in [-0.25, -0.2) is 0 Å². The van der Waals surface area contributed by atoms with Crippen molar-refractivity contribution in [3.63, 3.8) is 0 Å². The molecule has 0 spiro atoms. The van der Waals surface area contributed by atoms with E-state index in [1.165, 1.54) is 25.7 Å². The number of carbonyl (C=O) groups is 1. The molecular formula is C13H27Cl2N3O. The molecule has 1 saturated carbocycles. The monoisotopic (exact) mass is 311 g/mol. The van der Waals surface area contributed by atoms with Gasteiger partial charge in [0.15, 0.2) is 0 Å². The Morgan fingerprint density at radius 1 is 1.26 bits per heavy atom. The summed E-state index contributed by atoms with van der Waals surface area (Å²) < 4.78 is 0. The number of halogens is 2. The van der Waals surface area contributed by atoms with Gasteiger partial charge in [-0.05, 0) is 46.3 Å². The van der Waals surface area contributed by atoms with Crippen LogP contribution in [0.1, 0.15) is 38.5 Å². The minimum Gasteiger partial charge on any atom is -0.353 e. The lowest BCUT2D eigenvalue weighted by molar-refractivity contribution is -0.123. The molecule has 1 amide bonds. The molecule has 0 aromatic carbocycles. The number of likely N-dealkylation sites (N-methyl/N-ethyl adjacent to an activating group) is 1. The average Bonchev–Trinajstić information content (AvgIpc) is 2.97. The number of carbonyl (C=O) groups excluding carboxylic acids is 1. The zero-order valence-electron chi connectivity index (χ0n) is 11.9. The number of amides is 1. The Morgan fingerprint density at radius 2 is 1.89 bits per heavy atom. The Bertz CT molecular complexity index is 275. The Balaban J connectivity index is 0.00000162. The first-order valence-corrected chi connectivity index (χ1v) is 6.83. The van der Waals surface area contributed by atoms with Gasteiger partial charge in [-0.3, -0.25) is 4.79 Å². The first kappa shape index (κ1) is 19.0. The number of nitrogens with zero attached hydrogens (tertiary/aromatic N) is 1. The lowest BCUT2D eigenvalue weighted by atomic mass is 9.96. The second-order valence-electron chi connectivity index (χ2n) is 5.69. The molecule has 1 aliphatic carbocycles. The lowest BCUT2D eigenvalue weighted by Gasteiger charge is -2.36. The molecule has 114 valence electrons. The topological polar surface area (TPSA) is 44.4 Å². The van der Waals surface area contributed by atoms with E-state index in [0.29, 0.717) is 0 Å². The van der Waals surface area contributed by atoms with Gasteiger partial charge in [0, 0.05) is 12.1 Å². The summed E-state index contributed by atoms with van der Waals surface area (Å²) in [6.45, 7) is 1.79. The molecule has 0 bridgehead atoms. The first-order valence-electron chi connectivity index (χ1n) is 6.83. The van der Waals surface area contributed by atoms with Crippen molar-refractivity contribution in [1.29, 1.82) is 0 Å². The molecule has 1 saturated heterocycles. The third-order valence-corrected chi connectivity index (χ3v) is 4.45. The summed E-state index contributed by atoms with van der Waals surface area (Å²) in [6, 6.07) is 0.0515. The highest BCUT2D eigenvalue weighted by Gasteiger charge is 2.36. The highest BCUT2D eigenvalue weighted by atomic mass is 35.5. The smallest absolute Gasteiger partial charge is 0.237 e. The zero-order chi connectivity index (χ0) is 12.3. The molecular weight excluding hydrogens is 285 g/mol. The normalized spacial score (nSPS) is 24.7. The lowest BCUT2D eigenvalue weighted by Crippen LogP contribution is -2.53. The van der Waals surface area contributed by atoms with Crippen LogP contribution in [0, 0.1) is 0 Å². The Morgan fingerprint density at radius 3 is 2.37 bits per heavy atom. The van der Waals surface area contributed by atoms with Crippen LogP contribution >= 0.6 is 24.8 Å². The molecule has 2 N–H and O–H groups in total. The van der Waals surface area contributed by atoms with Crippen molar-refractivity contribution in [3.8, 4) is 0 Å². The third-order valence-electron chi connectivity index (χ3n) is 4.45. The zero-order valence-corrected chi connectivity index (χ0v) is 13.5. The predicted octanol–water partition coefficient (Wildman–Crippen LogP) is 1.57. The Kier molecular flexibility index (Phi) is 8.29. The van der Waals surface area contributed by atoms with E-state index in [9.17, 15) is 4.79 Å². The highest BCUT2D eigenvalue weighted by molar-refractivity contribution is 5.85. The summed E-state index contributed by atoms with van der Waals surface area (Å²) in [6.07, 6.45) is 7.10. The molecule has 6 heteroatoms. The van der Waals surface area contributed by atoms with Gasteiger partial charge >= 0.3 is 0 Å². The Labute approximate surface area is 128 Å². The quantitative estimate of drug-likeness (QED) is 0.828. The fraction of sp³-hybridized carbons (Fsp3) is 0.923. The Hall–Kier alpha value is -0.0300. The molecule has 2 aliphatic rings. The van der Waals surface area contributed by atoms with Crippen LogP contribution in [0.5, 0.6) is 0 Å². The van der Waals surface area contributed by atoms with Crippen molar-refractivity contribution >= 4 is 30.7 Å². The average molecular weight is 312 g/mol. The second kappa shape index (κ2) is 8.30. The van der Waals surface area contributed by atoms with Gasteiger partial charge in [0.25, 0.3) is 0 Å². The van der Waals surface area contributed by atoms with Gasteiger partial charge < -0.3 is 15.5 Å². The maximum Gasteiger partial charge on any atom is 0.237 e. The van der Waals surface area contributed by atoms with Crippen LogP contribution in [0.25, 0.3) is 0 Å². The maximum absolute atomic E-state index is 12.0. The summed E-state index contributed by atoms with van der Waals surface area (Å²) in [5.41, 5.74) is 0.203. The van der Waals surface area contributed by atoms with Crippen LogP contribution < -0.4 is 10.6 Å². The highest BCUT2D eigenvalue weighted by Crippen LogP contribution is 2.33. The predicted molar refractivity (Wildman–Crippen MR) is 83.4 cm³/mol. The number of rotatable bonds is 4. The fourth-order valence-corrected chi connectivity index (χ4v) is 3.10. The first-order chi connectivity index (χ1) is 8.14.